The van der Waals surface area contributed by atoms with Crippen LogP contribution in [0.1, 0.15) is 509 Å². The van der Waals surface area contributed by atoms with Crippen molar-refractivity contribution in [2.24, 2.45) is 205 Å². The summed E-state index contributed by atoms with van der Waals surface area (Å²) < 4.78 is 0. The molecule has 0 aliphatic heterocycles. The summed E-state index contributed by atoms with van der Waals surface area (Å²) >= 11 is 0. The van der Waals surface area contributed by atoms with Crippen molar-refractivity contribution in [1.29, 1.82) is 0 Å². The first-order chi connectivity index (χ1) is 51.6. The fourth-order valence-corrected chi connectivity index (χ4v) is 21.9. The average molecular weight is 1590 g/mol. The third-order valence-electron chi connectivity index (χ3n) is 32.9. The Morgan fingerprint density at radius 1 is 0.177 bits per heavy atom. The Bertz CT molecular complexity index is 1970. The summed E-state index contributed by atoms with van der Waals surface area (Å²) in [6.45, 7) is 91.8. The minimum atomic E-state index is 0. The van der Waals surface area contributed by atoms with Gasteiger partial charge in [-0.1, -0.05) is 322 Å². The minimum absolute atomic E-state index is 0. The molecule has 0 saturated heterocycles. The maximum Gasteiger partial charge on any atom is 0.0543 e. The molecule has 0 amide bonds. The van der Waals surface area contributed by atoms with Crippen molar-refractivity contribution in [1.82, 2.24) is 0 Å². The molecule has 0 bridgehead atoms. The molecule has 113 heavy (non-hydrogen) atoms. The number of aliphatic hydroxyl groups is 1. The molecule has 0 aromatic carbocycles. The first kappa shape index (κ1) is 113. The summed E-state index contributed by atoms with van der Waals surface area (Å²) in [6, 6.07) is 0. The highest BCUT2D eigenvalue weighted by atomic mass is 16.3. The van der Waals surface area contributed by atoms with Crippen LogP contribution in [0, 0.1) is 205 Å². The van der Waals surface area contributed by atoms with Crippen LogP contribution in [0.5, 0.6) is 0 Å². The van der Waals surface area contributed by atoms with Crippen molar-refractivity contribution in [3.63, 3.8) is 0 Å². The van der Waals surface area contributed by atoms with Gasteiger partial charge in [-0.25, -0.2) is 0 Å². The van der Waals surface area contributed by atoms with Crippen LogP contribution in [-0.2, 0) is 0 Å². The van der Waals surface area contributed by atoms with Crippen LogP contribution < -0.4 is 0 Å². The van der Waals surface area contributed by atoms with Gasteiger partial charge >= 0.3 is 0 Å². The van der Waals surface area contributed by atoms with Crippen LogP contribution in [0.25, 0.3) is 0 Å². The van der Waals surface area contributed by atoms with E-state index in [9.17, 15) is 0 Å². The number of rotatable bonds is 12. The SMILES string of the molecule is C.CC(C)C1CC(C)(C)C1.CC(C)C1CC(C)(C)C1.CC(C)C1CCC(C)(C)CC1.CC(C)C1CCC(C)(C)CC1.CC(C)[C@@H]1CC[C@@H](C)C1.CC(C)[C@@H]1CC[C@H](C)C1.CC(C)[C@H]1CC[C@@H](O)C1.CC(C)[C@H]1CC[C@H](C)C1.CC1CC(C(C)C)C1.CC1CC(C(C)C)C1.CC1CCC(C(C)C)CC1.CC1CCC(C(C)C)CC1. The lowest BCUT2D eigenvalue weighted by Crippen LogP contribution is -2.34. The molecule has 8 atom stereocenters. The summed E-state index contributed by atoms with van der Waals surface area (Å²) in [5, 5.41) is 9.15. The summed E-state index contributed by atoms with van der Waals surface area (Å²) in [5.74, 6) is 30.2. The molecule has 0 unspecified atom stereocenters. The Morgan fingerprint density at radius 3 is 0.469 bits per heavy atom. The fraction of sp³-hybridized carbons (Fsp3) is 1.00. The topological polar surface area (TPSA) is 20.2 Å². The molecule has 12 aliphatic carbocycles. The van der Waals surface area contributed by atoms with Gasteiger partial charge in [-0.2, -0.15) is 0 Å². The summed E-state index contributed by atoms with van der Waals surface area (Å²) in [6.07, 6.45) is 51.8. The van der Waals surface area contributed by atoms with Crippen molar-refractivity contribution in [3.8, 4) is 0 Å². The molecule has 0 radical (unpaired) electrons. The summed E-state index contributed by atoms with van der Waals surface area (Å²) in [4.78, 5) is 0. The maximum atomic E-state index is 9.15. The highest BCUT2D eigenvalue weighted by Crippen LogP contribution is 2.50. The van der Waals surface area contributed by atoms with Gasteiger partial charge in [-0.3, -0.25) is 0 Å². The average Bonchev–Trinajstić information content (AvgIpc) is 1.77. The fourth-order valence-electron chi connectivity index (χ4n) is 21.9. The standard InChI is InChI=1S/2C11H22.2C10H20.5C9H18.C8H16O.2C8H16.CH4/c2*1-9(2)10-5-7-11(3,4)8-6-10;2*1-8(2)10-6-4-9(3)5-7-10;2*1-7(2)8-5-9(3,4)6-8;3*1-7(2)9-5-4-8(3)6-9;1-6(2)7-3-4-8(9)5-7;2*1-6(2)8-4-7(3)5-8;/h2*9-10H,5-8H2,1-4H3;2*8-10H,4-7H2,1-3H3;2*7-8H,5-6H2,1-4H3;3*7-9H,4-6H2,1-3H3;6-9H,3-5H2,1-2H3;2*6-8H,4-5H2,1-3H3;1H4/t;;;;;;8-,9+;2*8-,9-;7-,8+;;;/m......0100.../s1. The molecule has 1 heteroatoms. The lowest BCUT2D eigenvalue weighted by Gasteiger charge is -2.45. The van der Waals surface area contributed by atoms with Crippen molar-refractivity contribution in [2.45, 2.75) is 515 Å². The Balaban J connectivity index is 0.00000121. The molecular formula is C112H226O. The summed E-state index contributed by atoms with van der Waals surface area (Å²) in [7, 11) is 0. The van der Waals surface area contributed by atoms with E-state index in [0.717, 1.165) is 196 Å². The van der Waals surface area contributed by atoms with E-state index in [1.807, 2.05) is 0 Å². The monoisotopic (exact) mass is 1590 g/mol. The van der Waals surface area contributed by atoms with Crippen molar-refractivity contribution in [2.75, 3.05) is 0 Å². The van der Waals surface area contributed by atoms with Crippen LogP contribution in [0.4, 0.5) is 0 Å². The van der Waals surface area contributed by atoms with Crippen LogP contribution in [0.2, 0.25) is 0 Å². The van der Waals surface area contributed by atoms with Gasteiger partial charge in [0.25, 0.3) is 0 Å². The molecule has 680 valence electrons. The van der Waals surface area contributed by atoms with Crippen LogP contribution in [0.15, 0.2) is 0 Å². The molecule has 12 fully saturated rings. The second kappa shape index (κ2) is 56.7. The van der Waals surface area contributed by atoms with E-state index < -0.39 is 0 Å². The Kier molecular flexibility index (Phi) is 56.7. The number of hydrogen-bond acceptors (Lipinski definition) is 1. The Morgan fingerprint density at radius 2 is 0.345 bits per heavy atom. The zero-order valence-corrected chi connectivity index (χ0v) is 85.4. The van der Waals surface area contributed by atoms with E-state index in [-0.39, 0.29) is 13.5 Å². The smallest absolute Gasteiger partial charge is 0.0543 e. The normalized spacial score (nSPS) is 32.2. The highest BCUT2D eigenvalue weighted by Gasteiger charge is 2.39. The van der Waals surface area contributed by atoms with Gasteiger partial charge in [0.2, 0.25) is 0 Å². The van der Waals surface area contributed by atoms with Gasteiger partial charge < -0.3 is 5.11 Å². The predicted octanol–water partition coefficient (Wildman–Crippen LogP) is 37.9. The third kappa shape index (κ3) is 50.4. The Labute approximate surface area is 720 Å². The van der Waals surface area contributed by atoms with E-state index in [2.05, 4.69) is 270 Å². The van der Waals surface area contributed by atoms with E-state index in [0.29, 0.717) is 21.7 Å². The first-order valence-electron chi connectivity index (χ1n) is 51.3. The highest BCUT2D eigenvalue weighted by molar-refractivity contribution is 4.90. The summed E-state index contributed by atoms with van der Waals surface area (Å²) in [5.41, 5.74) is 2.64. The minimum Gasteiger partial charge on any atom is -0.393 e. The van der Waals surface area contributed by atoms with Gasteiger partial charge in [0.05, 0.1) is 6.10 Å². The van der Waals surface area contributed by atoms with E-state index in [1.165, 1.54) is 218 Å². The van der Waals surface area contributed by atoms with Crippen molar-refractivity contribution >= 4 is 0 Å². The lowest BCUT2D eigenvalue weighted by molar-refractivity contribution is 0.0614. The van der Waals surface area contributed by atoms with Gasteiger partial charge in [-0.05, 0) is 391 Å². The van der Waals surface area contributed by atoms with Gasteiger partial charge in [0.1, 0.15) is 0 Å². The molecule has 12 rings (SSSR count). The van der Waals surface area contributed by atoms with Crippen molar-refractivity contribution < 1.29 is 5.11 Å². The van der Waals surface area contributed by atoms with Crippen LogP contribution in [-0.4, -0.2) is 11.2 Å². The van der Waals surface area contributed by atoms with E-state index >= 15 is 0 Å². The number of hydrogen-bond donors (Lipinski definition) is 1. The molecule has 0 aromatic rings. The van der Waals surface area contributed by atoms with Gasteiger partial charge in [-0.15, -0.1) is 0 Å². The van der Waals surface area contributed by atoms with Crippen molar-refractivity contribution in [3.05, 3.63) is 0 Å². The zero-order chi connectivity index (χ0) is 85.9. The third-order valence-corrected chi connectivity index (χ3v) is 32.9. The molecule has 12 saturated carbocycles. The van der Waals surface area contributed by atoms with E-state index in [1.54, 1.807) is 0 Å². The van der Waals surface area contributed by atoms with Gasteiger partial charge in [0.15, 0.2) is 0 Å². The maximum absolute atomic E-state index is 9.15. The molecule has 12 aliphatic rings. The molecule has 0 spiro atoms. The van der Waals surface area contributed by atoms with Gasteiger partial charge in [0, 0.05) is 0 Å². The Hall–Kier alpha value is -0.0400. The molecule has 1 N–H and O–H groups in total. The lowest BCUT2D eigenvalue weighted by atomic mass is 9.61. The quantitative estimate of drug-likeness (QED) is 0.206. The molecular weight excluding hydrogens is 1360 g/mol. The first-order valence-corrected chi connectivity index (χ1v) is 51.3. The molecule has 0 aromatic heterocycles. The molecule has 1 nitrogen and oxygen atoms in total. The number of aliphatic hydroxyl groups excluding tert-OH is 1. The predicted molar refractivity (Wildman–Crippen MR) is 518 cm³/mol. The second-order valence-corrected chi connectivity index (χ2v) is 50.6. The second-order valence-electron chi connectivity index (χ2n) is 50.6. The van der Waals surface area contributed by atoms with Crippen LogP contribution in [0.3, 0.4) is 0 Å². The zero-order valence-electron chi connectivity index (χ0n) is 85.4. The largest absolute Gasteiger partial charge is 0.393 e. The molecule has 0 heterocycles. The van der Waals surface area contributed by atoms with E-state index in [4.69, 9.17) is 5.11 Å². The van der Waals surface area contributed by atoms with Crippen LogP contribution >= 0.6 is 0 Å².